The Hall–Kier alpha value is -1.46. The minimum atomic E-state index is -1.05. The molecule has 4 N–H and O–H groups in total. The van der Waals surface area contributed by atoms with E-state index in [1.165, 1.54) is 6.07 Å². The Balaban J connectivity index is 2.17. The lowest BCUT2D eigenvalue weighted by Gasteiger charge is -2.15. The molecular weight excluding hydrogens is 256 g/mol. The summed E-state index contributed by atoms with van der Waals surface area (Å²) in [5, 5.41) is 12.5. The molecule has 0 bridgehead atoms. The van der Waals surface area contributed by atoms with Crippen LogP contribution in [0, 0.1) is 5.92 Å². The Morgan fingerprint density at radius 1 is 1.61 bits per heavy atom. The molecule has 5 nitrogen and oxygen atoms in total. The average Bonchev–Trinajstić information content (AvgIpc) is 2.79. The van der Waals surface area contributed by atoms with Gasteiger partial charge in [0.25, 0.3) is 0 Å². The van der Waals surface area contributed by atoms with Crippen LogP contribution in [0.3, 0.4) is 0 Å². The lowest BCUT2D eigenvalue weighted by Crippen LogP contribution is -2.16. The standard InChI is InChI=1S/C12H15ClN2O3/c13-10-4-8(14)3-9(12(16)17)11(10)15-5-7-1-2-18-6-7/h3-4,7,15H,1-2,5-6,14H2,(H,16,17). The number of ether oxygens (including phenoxy) is 1. The lowest BCUT2D eigenvalue weighted by atomic mass is 10.1. The van der Waals surface area contributed by atoms with Gasteiger partial charge < -0.3 is 20.9 Å². The topological polar surface area (TPSA) is 84.6 Å². The highest BCUT2D eigenvalue weighted by Crippen LogP contribution is 2.30. The smallest absolute Gasteiger partial charge is 0.337 e. The minimum absolute atomic E-state index is 0.0962. The van der Waals surface area contributed by atoms with Crippen molar-refractivity contribution in [3.8, 4) is 0 Å². The summed E-state index contributed by atoms with van der Waals surface area (Å²) in [5.41, 5.74) is 6.45. The number of hydrogen-bond donors (Lipinski definition) is 3. The van der Waals surface area contributed by atoms with Crippen LogP contribution >= 0.6 is 11.6 Å². The molecule has 0 aliphatic carbocycles. The summed E-state index contributed by atoms with van der Waals surface area (Å²) in [6, 6.07) is 2.95. The van der Waals surface area contributed by atoms with E-state index in [4.69, 9.17) is 27.2 Å². The molecule has 1 aliphatic rings. The van der Waals surface area contributed by atoms with Gasteiger partial charge in [0, 0.05) is 24.8 Å². The van der Waals surface area contributed by atoms with Crippen molar-refractivity contribution in [2.75, 3.05) is 30.8 Å². The maximum absolute atomic E-state index is 11.1. The van der Waals surface area contributed by atoms with Gasteiger partial charge in [-0.25, -0.2) is 4.79 Å². The van der Waals surface area contributed by atoms with Gasteiger partial charge >= 0.3 is 5.97 Å². The fourth-order valence-corrected chi connectivity index (χ4v) is 2.26. The van der Waals surface area contributed by atoms with E-state index in [0.29, 0.717) is 35.5 Å². The second-order valence-electron chi connectivity index (χ2n) is 4.34. The molecule has 0 saturated carbocycles. The number of benzene rings is 1. The number of carbonyl (C=O) groups is 1. The Labute approximate surface area is 110 Å². The van der Waals surface area contributed by atoms with Crippen LogP contribution in [-0.4, -0.2) is 30.8 Å². The van der Waals surface area contributed by atoms with E-state index >= 15 is 0 Å². The number of rotatable bonds is 4. The first kappa shape index (κ1) is 13.0. The third-order valence-electron chi connectivity index (χ3n) is 2.93. The second-order valence-corrected chi connectivity index (χ2v) is 4.75. The van der Waals surface area contributed by atoms with E-state index in [0.717, 1.165) is 13.0 Å². The summed E-state index contributed by atoms with van der Waals surface area (Å²) in [4.78, 5) is 11.1. The first-order valence-electron chi connectivity index (χ1n) is 5.72. The van der Waals surface area contributed by atoms with Crippen LogP contribution in [0.4, 0.5) is 11.4 Å². The third-order valence-corrected chi connectivity index (χ3v) is 3.23. The molecule has 1 heterocycles. The molecule has 1 saturated heterocycles. The SMILES string of the molecule is Nc1cc(Cl)c(NCC2CCOC2)c(C(=O)O)c1. The molecule has 1 aliphatic heterocycles. The molecule has 1 fully saturated rings. The van der Waals surface area contributed by atoms with E-state index in [-0.39, 0.29) is 5.56 Å². The summed E-state index contributed by atoms with van der Waals surface area (Å²) >= 11 is 6.03. The van der Waals surface area contributed by atoms with Gasteiger partial charge in [-0.15, -0.1) is 0 Å². The van der Waals surface area contributed by atoms with E-state index in [2.05, 4.69) is 5.32 Å². The largest absolute Gasteiger partial charge is 0.478 e. The van der Waals surface area contributed by atoms with Gasteiger partial charge in [0.05, 0.1) is 22.9 Å². The summed E-state index contributed by atoms with van der Waals surface area (Å²) < 4.78 is 5.26. The molecule has 1 atom stereocenters. The highest BCUT2D eigenvalue weighted by atomic mass is 35.5. The van der Waals surface area contributed by atoms with Crippen molar-refractivity contribution in [3.63, 3.8) is 0 Å². The van der Waals surface area contributed by atoms with Crippen LogP contribution in [0.1, 0.15) is 16.8 Å². The van der Waals surface area contributed by atoms with Crippen molar-refractivity contribution in [1.82, 2.24) is 0 Å². The number of hydrogen-bond acceptors (Lipinski definition) is 4. The average molecular weight is 271 g/mol. The lowest BCUT2D eigenvalue weighted by molar-refractivity contribution is 0.0698. The van der Waals surface area contributed by atoms with E-state index in [1.54, 1.807) is 6.07 Å². The molecule has 18 heavy (non-hydrogen) atoms. The molecule has 1 aromatic rings. The Kier molecular flexibility index (Phi) is 3.93. The van der Waals surface area contributed by atoms with Crippen molar-refractivity contribution in [1.29, 1.82) is 0 Å². The maximum atomic E-state index is 11.1. The number of carboxylic acids is 1. The van der Waals surface area contributed by atoms with Crippen LogP contribution in [0.5, 0.6) is 0 Å². The molecular formula is C12H15ClN2O3. The van der Waals surface area contributed by atoms with Crippen LogP contribution < -0.4 is 11.1 Å². The van der Waals surface area contributed by atoms with Gasteiger partial charge in [0.2, 0.25) is 0 Å². The molecule has 6 heteroatoms. The number of halogens is 1. The zero-order valence-electron chi connectivity index (χ0n) is 9.78. The van der Waals surface area contributed by atoms with Crippen molar-refractivity contribution in [3.05, 3.63) is 22.7 Å². The number of nitrogen functional groups attached to an aromatic ring is 1. The third kappa shape index (κ3) is 2.86. The monoisotopic (exact) mass is 270 g/mol. The maximum Gasteiger partial charge on any atom is 0.337 e. The van der Waals surface area contributed by atoms with Crippen LogP contribution in [-0.2, 0) is 4.74 Å². The first-order chi connectivity index (χ1) is 8.58. The second kappa shape index (κ2) is 5.46. The number of nitrogens with two attached hydrogens (primary N) is 1. The molecule has 0 radical (unpaired) electrons. The predicted molar refractivity (Wildman–Crippen MR) is 70.2 cm³/mol. The molecule has 1 unspecified atom stereocenters. The molecule has 0 aromatic heterocycles. The fourth-order valence-electron chi connectivity index (χ4n) is 1.97. The van der Waals surface area contributed by atoms with Gasteiger partial charge in [-0.05, 0) is 18.6 Å². The number of anilines is 2. The summed E-state index contributed by atoms with van der Waals surface area (Å²) in [6.07, 6.45) is 0.974. The number of carboxylic acid groups (broad SMARTS) is 1. The van der Waals surface area contributed by atoms with Crippen LogP contribution in [0.15, 0.2) is 12.1 Å². The van der Waals surface area contributed by atoms with Gasteiger partial charge in [-0.3, -0.25) is 0 Å². The molecule has 1 aromatic carbocycles. The van der Waals surface area contributed by atoms with E-state index in [9.17, 15) is 4.79 Å². The van der Waals surface area contributed by atoms with Crippen molar-refractivity contribution < 1.29 is 14.6 Å². The summed E-state index contributed by atoms with van der Waals surface area (Å²) in [5.74, 6) is -0.658. The van der Waals surface area contributed by atoms with Gasteiger partial charge in [-0.1, -0.05) is 11.6 Å². The Morgan fingerprint density at radius 2 is 2.39 bits per heavy atom. The van der Waals surface area contributed by atoms with Crippen molar-refractivity contribution >= 4 is 28.9 Å². The summed E-state index contributed by atoms with van der Waals surface area (Å²) in [7, 11) is 0. The van der Waals surface area contributed by atoms with Gasteiger partial charge in [-0.2, -0.15) is 0 Å². The molecule has 2 rings (SSSR count). The highest BCUT2D eigenvalue weighted by molar-refractivity contribution is 6.34. The zero-order valence-corrected chi connectivity index (χ0v) is 10.5. The quantitative estimate of drug-likeness (QED) is 0.730. The highest BCUT2D eigenvalue weighted by Gasteiger charge is 2.19. The van der Waals surface area contributed by atoms with Crippen molar-refractivity contribution in [2.24, 2.45) is 5.92 Å². The van der Waals surface area contributed by atoms with E-state index < -0.39 is 5.97 Å². The van der Waals surface area contributed by atoms with Crippen LogP contribution in [0.2, 0.25) is 5.02 Å². The molecule has 0 amide bonds. The molecule has 98 valence electrons. The summed E-state index contributed by atoms with van der Waals surface area (Å²) in [6.45, 7) is 2.10. The zero-order chi connectivity index (χ0) is 13.1. The normalized spacial score (nSPS) is 18.8. The number of aromatic carboxylic acids is 1. The first-order valence-corrected chi connectivity index (χ1v) is 6.09. The van der Waals surface area contributed by atoms with Crippen molar-refractivity contribution in [2.45, 2.75) is 6.42 Å². The minimum Gasteiger partial charge on any atom is -0.478 e. The van der Waals surface area contributed by atoms with Gasteiger partial charge in [0.15, 0.2) is 0 Å². The fraction of sp³-hybridized carbons (Fsp3) is 0.417. The van der Waals surface area contributed by atoms with Gasteiger partial charge in [0.1, 0.15) is 0 Å². The number of nitrogens with one attached hydrogen (secondary N) is 1. The molecule has 0 spiro atoms. The van der Waals surface area contributed by atoms with Crippen LogP contribution in [0.25, 0.3) is 0 Å². The Morgan fingerprint density at radius 3 is 3.00 bits per heavy atom. The Bertz CT molecular complexity index is 459. The van der Waals surface area contributed by atoms with E-state index in [1.807, 2.05) is 0 Å². The predicted octanol–water partition coefficient (Wildman–Crippen LogP) is 2.07.